The van der Waals surface area contributed by atoms with Crippen LogP contribution in [0, 0.1) is 22.5 Å². The van der Waals surface area contributed by atoms with Gasteiger partial charge in [-0.15, -0.1) is 0 Å². The number of nitrogens with zero attached hydrogens (tertiary/aromatic N) is 5. The number of fused-ring (bicyclic) bond motifs is 2. The normalized spacial score (nSPS) is 20.1. The van der Waals surface area contributed by atoms with E-state index in [4.69, 9.17) is 56.4 Å². The maximum atomic E-state index is 13.3. The summed E-state index contributed by atoms with van der Waals surface area (Å²) in [5.41, 5.74) is 11.0. The Bertz CT molecular complexity index is 5590. The molecular formula is C114H143BrCl2F5N7O8+4. The summed E-state index contributed by atoms with van der Waals surface area (Å²) < 4.78 is 108. The molecule has 734 valence electrons. The lowest BCUT2D eigenvalue weighted by molar-refractivity contribution is -0.903. The van der Waals surface area contributed by atoms with E-state index in [0.717, 1.165) is 184 Å². The third-order valence-electron chi connectivity index (χ3n) is 26.6. The predicted molar refractivity (Wildman–Crippen MR) is 549 cm³/mol. The van der Waals surface area contributed by atoms with Crippen LogP contribution in [-0.4, -0.2) is 198 Å². The highest BCUT2D eigenvalue weighted by atomic mass is 79.9. The van der Waals surface area contributed by atoms with Crippen LogP contribution in [0.15, 0.2) is 272 Å². The van der Waals surface area contributed by atoms with Gasteiger partial charge in [0.1, 0.15) is 52.5 Å². The number of likely N-dealkylation sites (N-methyl/N-ethyl adjacent to an activating group) is 2. The van der Waals surface area contributed by atoms with Crippen LogP contribution in [0.1, 0.15) is 171 Å². The molecule has 1 saturated carbocycles. The van der Waals surface area contributed by atoms with Crippen LogP contribution >= 0.6 is 39.1 Å². The van der Waals surface area contributed by atoms with E-state index >= 15 is 0 Å². The van der Waals surface area contributed by atoms with Gasteiger partial charge in [-0.05, 0) is 235 Å². The second-order valence-electron chi connectivity index (χ2n) is 41.6. The first-order chi connectivity index (χ1) is 64.9. The standard InChI is InChI=1S/C20H24Cl2N.C20H22FNO3.C20H24FNO2.C19H23F3NO.C18H30NO2.C17H20BrN2/c1-20(14-9-10-17(21)18(22)13-14)12-11-19(23(2,3)4)15-7-5-6-8-16(15)20;1-20(12-23-16-6-7-18-19(10-16)25-13-24-18)11-22-9-8-17(20)14-2-4-15(21)5-3-14;1-20(14-24-18-9-7-17(23-2)8-10-18)13-22-12-11-19(20)15-3-5-16(21)6-4-15;1-23(2,3)14-13-18(15-7-5-4-6-8-15)24-17-11-9-16(10-12-17)19(20,21)22;1-19(2,3)14-17(18(20)12-6-5-7-13-18)15-8-10-16(21-4)11-9-15;1-20(2,3)12-10-17(15-5-4-11-19-13-15)14-6-8-16(18)9-7-14/h5-10,13,19H,11-12H2,1-4H3;2-7,10,17,22H,8-9,11-13H2,1H3;3-10,19,22H,11-14H2,1-2H3;4-12,18H,13-14H2,1-3H3;8-11,17,20H,5-7,12-14H2,1-4H3;4-11,13H,12H2,1-3H3/q+1;;;3*+1/b;;;;;17-10-. The van der Waals surface area contributed by atoms with Crippen molar-refractivity contribution in [1.29, 1.82) is 0 Å². The molecular weight excluding hydrogens is 1840 g/mol. The summed E-state index contributed by atoms with van der Waals surface area (Å²) in [5, 5.41) is 19.4. The monoisotopic (exact) mass is 1980 g/mol. The van der Waals surface area contributed by atoms with E-state index in [1.54, 1.807) is 26.4 Å². The average Bonchev–Trinajstić information content (AvgIpc) is 0.837. The molecule has 10 aromatic carbocycles. The molecule has 2 saturated heterocycles. The number of aliphatic hydroxyl groups is 1. The summed E-state index contributed by atoms with van der Waals surface area (Å²) in [6, 6.07) is 77.9. The first-order valence-electron chi connectivity index (χ1n) is 47.5. The van der Waals surface area contributed by atoms with Crippen molar-refractivity contribution in [3.05, 3.63) is 349 Å². The number of hydrogen-bond acceptors (Lipinski definition) is 11. The lowest BCUT2D eigenvalue weighted by Gasteiger charge is -2.44. The number of aromatic nitrogens is 1. The van der Waals surface area contributed by atoms with Crippen molar-refractivity contribution in [1.82, 2.24) is 15.6 Å². The summed E-state index contributed by atoms with van der Waals surface area (Å²) in [6.07, 6.45) is 11.9. The SMILES string of the molecule is CC1(COc2ccc3c(c2)OCO3)CNCCC1c1ccc(F)cc1.CC1(c2ccc(Cl)c(Cl)c2)CCC([N+](C)(C)C)c2ccccc21.COc1ccc(C(C[N+](C)(C)C)C2(O)CCCCC2)cc1.COc1ccc(OCC2(C)CNCCC2c2ccc(F)cc2)cc1.C[N+](C)(C)C/C=C(/c1ccc(Br)cc1)c1cccnc1.C[N+](C)(C)CCC(Oc1ccc(C(F)(F)F)cc1)c1ccccc1. The Balaban J connectivity index is 0.000000158. The Morgan fingerprint density at radius 1 is 0.540 bits per heavy atom. The van der Waals surface area contributed by atoms with Gasteiger partial charge >= 0.3 is 6.18 Å². The van der Waals surface area contributed by atoms with Gasteiger partial charge in [0, 0.05) is 76.2 Å². The summed E-state index contributed by atoms with van der Waals surface area (Å²) in [4.78, 5) is 4.24. The number of halogens is 8. The summed E-state index contributed by atoms with van der Waals surface area (Å²) in [5.74, 6) is 5.68. The summed E-state index contributed by atoms with van der Waals surface area (Å²) >= 11 is 15.9. The number of alkyl halides is 3. The third-order valence-corrected chi connectivity index (χ3v) is 27.9. The summed E-state index contributed by atoms with van der Waals surface area (Å²) in [7, 11) is 29.6. The quantitative estimate of drug-likeness (QED) is 0.0355. The van der Waals surface area contributed by atoms with E-state index in [1.165, 1.54) is 75.2 Å². The van der Waals surface area contributed by atoms with Gasteiger partial charge in [0.2, 0.25) is 6.79 Å². The Hall–Kier alpha value is -9.88. The van der Waals surface area contributed by atoms with E-state index in [0.29, 0.717) is 46.9 Å². The van der Waals surface area contributed by atoms with Crippen LogP contribution in [0.3, 0.4) is 0 Å². The number of hydrogen-bond donors (Lipinski definition) is 3. The van der Waals surface area contributed by atoms with Gasteiger partial charge in [0.05, 0.1) is 159 Å². The largest absolute Gasteiger partial charge is 0.497 e. The molecule has 5 aliphatic rings. The third kappa shape index (κ3) is 31.6. The van der Waals surface area contributed by atoms with Crippen molar-refractivity contribution in [2.45, 2.75) is 132 Å². The van der Waals surface area contributed by atoms with Crippen LogP contribution < -0.4 is 43.8 Å². The maximum absolute atomic E-state index is 13.3. The number of piperidine rings is 2. The Morgan fingerprint density at radius 3 is 1.61 bits per heavy atom. The van der Waals surface area contributed by atoms with E-state index in [-0.39, 0.29) is 46.7 Å². The maximum Gasteiger partial charge on any atom is 0.416 e. The lowest BCUT2D eigenvalue weighted by Crippen LogP contribution is -2.48. The van der Waals surface area contributed by atoms with E-state index < -0.39 is 17.3 Å². The highest BCUT2D eigenvalue weighted by Gasteiger charge is 2.45. The first-order valence-corrected chi connectivity index (χ1v) is 49.1. The molecule has 137 heavy (non-hydrogen) atoms. The smallest absolute Gasteiger partial charge is 0.416 e. The number of ether oxygens (including phenoxy) is 7. The lowest BCUT2D eigenvalue weighted by atomic mass is 9.65. The molecule has 0 radical (unpaired) electrons. The molecule has 11 aromatic rings. The van der Waals surface area contributed by atoms with Crippen LogP contribution in [0.4, 0.5) is 22.0 Å². The number of pyridine rings is 1. The molecule has 3 N–H and O–H groups in total. The molecule has 8 atom stereocenters. The molecule has 16 rings (SSSR count). The van der Waals surface area contributed by atoms with Gasteiger partial charge in [-0.1, -0.05) is 194 Å². The number of nitrogens with one attached hydrogen (secondary N) is 2. The van der Waals surface area contributed by atoms with Crippen molar-refractivity contribution >= 4 is 44.7 Å². The second-order valence-corrected chi connectivity index (χ2v) is 43.3. The van der Waals surface area contributed by atoms with Crippen LogP contribution in [0.25, 0.3) is 5.57 Å². The fourth-order valence-electron chi connectivity index (χ4n) is 18.9. The Labute approximate surface area is 829 Å². The summed E-state index contributed by atoms with van der Waals surface area (Å²) in [6.45, 7) is 14.7. The predicted octanol–water partition coefficient (Wildman–Crippen LogP) is 25.6. The van der Waals surface area contributed by atoms with Gasteiger partial charge in [-0.2, -0.15) is 13.2 Å². The number of methoxy groups -OCH3 is 2. The zero-order valence-electron chi connectivity index (χ0n) is 83.0. The Morgan fingerprint density at radius 2 is 1.08 bits per heavy atom. The minimum absolute atomic E-state index is 0.0174. The second kappa shape index (κ2) is 48.3. The molecule has 1 aromatic heterocycles. The zero-order chi connectivity index (χ0) is 99.0. The fraction of sp³-hybridized carbons (Fsp3) is 0.412. The van der Waals surface area contributed by atoms with Gasteiger partial charge < -0.3 is 66.8 Å². The molecule has 15 nitrogen and oxygen atoms in total. The molecule has 2 aliphatic carbocycles. The van der Waals surface area contributed by atoms with Crippen LogP contribution in [0.5, 0.6) is 40.2 Å². The molecule has 0 spiro atoms. The average molecular weight is 1990 g/mol. The molecule has 3 fully saturated rings. The highest BCUT2D eigenvalue weighted by molar-refractivity contribution is 9.10. The molecule has 3 aliphatic heterocycles. The highest BCUT2D eigenvalue weighted by Crippen LogP contribution is 2.51. The van der Waals surface area contributed by atoms with E-state index in [2.05, 4.69) is 216 Å². The van der Waals surface area contributed by atoms with Gasteiger partial charge in [-0.25, -0.2) is 8.78 Å². The molecule has 0 bridgehead atoms. The van der Waals surface area contributed by atoms with E-state index in [9.17, 15) is 27.1 Å². The first kappa shape index (κ1) is 108. The van der Waals surface area contributed by atoms with Crippen LogP contribution in [-0.2, 0) is 11.6 Å². The van der Waals surface area contributed by atoms with Gasteiger partial charge in [0.25, 0.3) is 0 Å². The van der Waals surface area contributed by atoms with Crippen molar-refractivity contribution in [3.8, 4) is 40.2 Å². The molecule has 8 unspecified atom stereocenters. The zero-order valence-corrected chi connectivity index (χ0v) is 86.1. The molecule has 23 heteroatoms. The van der Waals surface area contributed by atoms with Crippen molar-refractivity contribution < 1.29 is 78.1 Å². The van der Waals surface area contributed by atoms with Crippen molar-refractivity contribution in [3.63, 3.8) is 0 Å². The topological polar surface area (TPSA) is 122 Å². The van der Waals surface area contributed by atoms with Crippen molar-refractivity contribution in [2.24, 2.45) is 10.8 Å². The molecule has 4 heterocycles. The van der Waals surface area contributed by atoms with Crippen LogP contribution in [0.2, 0.25) is 10.0 Å². The van der Waals surface area contributed by atoms with Gasteiger partial charge in [-0.3, -0.25) is 4.98 Å². The minimum Gasteiger partial charge on any atom is -0.497 e. The fourth-order valence-corrected chi connectivity index (χ4v) is 19.4. The number of quaternary nitrogens is 4. The number of rotatable bonds is 26. The van der Waals surface area contributed by atoms with Gasteiger partial charge in [0.15, 0.2) is 11.5 Å². The van der Waals surface area contributed by atoms with E-state index in [1.807, 2.05) is 140 Å². The van der Waals surface area contributed by atoms with Crippen molar-refractivity contribution in [2.75, 3.05) is 165 Å². The minimum atomic E-state index is -4.33. The number of benzene rings is 10. The Kier molecular flexibility index (Phi) is 37.9. The molecule has 0 amide bonds.